The quantitative estimate of drug-likeness (QED) is 0.279. The third-order valence-corrected chi connectivity index (χ3v) is 10.8. The first kappa shape index (κ1) is 30.6. The summed E-state index contributed by atoms with van der Waals surface area (Å²) >= 11 is 3.67. The first-order valence-electron chi connectivity index (χ1n) is 14.4. The number of hydrogen-bond acceptors (Lipinski definition) is 6. The van der Waals surface area contributed by atoms with Crippen LogP contribution in [-0.2, 0) is 26.3 Å². The molecule has 5 rings (SSSR count). The van der Waals surface area contributed by atoms with Gasteiger partial charge in [-0.2, -0.15) is 12.7 Å². The van der Waals surface area contributed by atoms with Crippen molar-refractivity contribution in [1.29, 1.82) is 0 Å². The van der Waals surface area contributed by atoms with Crippen LogP contribution >= 0.6 is 15.9 Å². The molecule has 42 heavy (non-hydrogen) atoms. The van der Waals surface area contributed by atoms with E-state index >= 15 is 0 Å². The zero-order valence-electron chi connectivity index (χ0n) is 24.5. The molecule has 2 aromatic carbocycles. The Bertz CT molecular complexity index is 1610. The zero-order valence-corrected chi connectivity index (χ0v) is 26.9. The SMILES string of the molecule is CCOC(=O)[C@]1(Cn2cc(C3CCCCC3)c3ccc(C(=O)NS(=O)(=O)N(C)C)cc32)C[C@H]1c1cc(OC)ccc1Br. The van der Waals surface area contributed by atoms with Gasteiger partial charge < -0.3 is 14.0 Å². The van der Waals surface area contributed by atoms with Gasteiger partial charge in [-0.05, 0) is 73.6 Å². The van der Waals surface area contributed by atoms with Gasteiger partial charge in [0.15, 0.2) is 0 Å². The number of hydrogen-bond donors (Lipinski definition) is 1. The van der Waals surface area contributed by atoms with Crippen LogP contribution in [0.2, 0.25) is 0 Å². The third-order valence-electron chi connectivity index (χ3n) is 8.71. The molecule has 11 heteroatoms. The fraction of sp³-hybridized carbons (Fsp3) is 0.484. The topological polar surface area (TPSA) is 107 Å². The van der Waals surface area contributed by atoms with Gasteiger partial charge in [-0.25, -0.2) is 4.72 Å². The minimum atomic E-state index is -3.95. The molecule has 0 aliphatic heterocycles. The Labute approximate surface area is 255 Å². The lowest BCUT2D eigenvalue weighted by molar-refractivity contribution is -0.150. The molecule has 0 unspecified atom stereocenters. The summed E-state index contributed by atoms with van der Waals surface area (Å²) in [5.41, 5.74) is 2.42. The number of halogens is 1. The van der Waals surface area contributed by atoms with Crippen LogP contribution in [0.4, 0.5) is 0 Å². The number of nitrogens with zero attached hydrogens (tertiary/aromatic N) is 2. The van der Waals surface area contributed by atoms with Gasteiger partial charge in [0, 0.05) is 53.7 Å². The first-order valence-corrected chi connectivity index (χ1v) is 16.6. The molecule has 0 radical (unpaired) electrons. The lowest BCUT2D eigenvalue weighted by atomic mass is 9.84. The summed E-state index contributed by atoms with van der Waals surface area (Å²) in [6.07, 6.45) is 8.48. The molecule has 1 N–H and O–H groups in total. The number of amides is 1. The molecule has 2 fully saturated rings. The summed E-state index contributed by atoms with van der Waals surface area (Å²) in [4.78, 5) is 26.6. The van der Waals surface area contributed by atoms with E-state index in [9.17, 15) is 18.0 Å². The Balaban J connectivity index is 1.58. The minimum absolute atomic E-state index is 0.0895. The first-order chi connectivity index (χ1) is 20.0. The maximum Gasteiger partial charge on any atom is 0.314 e. The van der Waals surface area contributed by atoms with Crippen LogP contribution < -0.4 is 9.46 Å². The second kappa shape index (κ2) is 12.0. The molecule has 1 heterocycles. The van der Waals surface area contributed by atoms with Crippen molar-refractivity contribution in [2.75, 3.05) is 27.8 Å². The number of benzene rings is 2. The molecule has 0 spiro atoms. The highest BCUT2D eigenvalue weighted by Crippen LogP contribution is 2.63. The number of carbonyl (C=O) groups excluding carboxylic acids is 2. The highest BCUT2D eigenvalue weighted by Gasteiger charge is 2.62. The van der Waals surface area contributed by atoms with E-state index in [1.807, 2.05) is 31.2 Å². The van der Waals surface area contributed by atoms with E-state index in [-0.39, 0.29) is 24.1 Å². The molecule has 2 aliphatic rings. The van der Waals surface area contributed by atoms with Crippen LogP contribution in [0.5, 0.6) is 5.75 Å². The molecule has 2 aliphatic carbocycles. The van der Waals surface area contributed by atoms with Gasteiger partial charge in [0.25, 0.3) is 5.91 Å². The molecular formula is C31H38BrN3O6S. The highest BCUT2D eigenvalue weighted by atomic mass is 79.9. The summed E-state index contributed by atoms with van der Waals surface area (Å²) in [7, 11) is 0.392. The number of aromatic nitrogens is 1. The van der Waals surface area contributed by atoms with Crippen LogP contribution in [0.3, 0.4) is 0 Å². The summed E-state index contributed by atoms with van der Waals surface area (Å²) in [5, 5.41) is 1.02. The summed E-state index contributed by atoms with van der Waals surface area (Å²) in [6, 6.07) is 11.1. The number of nitrogens with one attached hydrogen (secondary N) is 1. The van der Waals surface area contributed by atoms with Crippen molar-refractivity contribution in [2.24, 2.45) is 5.41 Å². The Morgan fingerprint density at radius 1 is 1.10 bits per heavy atom. The van der Waals surface area contributed by atoms with Crippen LogP contribution in [0.25, 0.3) is 10.9 Å². The molecule has 0 bridgehead atoms. The highest BCUT2D eigenvalue weighted by molar-refractivity contribution is 9.10. The Hall–Kier alpha value is -2.89. The largest absolute Gasteiger partial charge is 0.497 e. The molecule has 226 valence electrons. The van der Waals surface area contributed by atoms with Gasteiger partial charge in [-0.1, -0.05) is 41.3 Å². The number of ether oxygens (including phenoxy) is 2. The lowest BCUT2D eigenvalue weighted by Crippen LogP contribution is -2.39. The van der Waals surface area contributed by atoms with Crippen molar-refractivity contribution >= 4 is 48.9 Å². The Kier molecular flexibility index (Phi) is 8.74. The van der Waals surface area contributed by atoms with Crippen molar-refractivity contribution in [1.82, 2.24) is 13.6 Å². The zero-order chi connectivity index (χ0) is 30.2. The van der Waals surface area contributed by atoms with E-state index < -0.39 is 21.5 Å². The average molecular weight is 661 g/mol. The van der Waals surface area contributed by atoms with Crippen molar-refractivity contribution in [3.63, 3.8) is 0 Å². The van der Waals surface area contributed by atoms with Crippen LogP contribution in [0.15, 0.2) is 47.1 Å². The predicted molar refractivity (Wildman–Crippen MR) is 165 cm³/mol. The Morgan fingerprint density at radius 2 is 1.83 bits per heavy atom. The standard InChI is InChI=1S/C31H38BrN3O6S/c1-5-41-30(37)31(17-26(31)24-16-22(40-4)12-14-27(24)32)19-35-18-25(20-9-7-6-8-10-20)23-13-11-21(15-28(23)35)29(36)33-42(38,39)34(2)3/h11-16,18,20,26H,5-10,17,19H2,1-4H3,(H,33,36)/t26-,31-/m0/s1. The van der Waals surface area contributed by atoms with E-state index in [0.29, 0.717) is 24.6 Å². The Morgan fingerprint density at radius 3 is 2.50 bits per heavy atom. The van der Waals surface area contributed by atoms with E-state index in [2.05, 4.69) is 31.4 Å². The number of esters is 1. The van der Waals surface area contributed by atoms with Gasteiger partial charge in [0.2, 0.25) is 0 Å². The average Bonchev–Trinajstić information content (AvgIpc) is 3.59. The second-order valence-electron chi connectivity index (χ2n) is 11.5. The smallest absolute Gasteiger partial charge is 0.314 e. The van der Waals surface area contributed by atoms with Crippen molar-refractivity contribution < 1.29 is 27.5 Å². The molecule has 3 aromatic rings. The summed E-state index contributed by atoms with van der Waals surface area (Å²) < 4.78 is 41.9. The van der Waals surface area contributed by atoms with Crippen LogP contribution in [0, 0.1) is 5.41 Å². The van der Waals surface area contributed by atoms with Crippen LogP contribution in [0.1, 0.15) is 78.8 Å². The van der Waals surface area contributed by atoms with E-state index in [0.717, 1.165) is 38.1 Å². The summed E-state index contributed by atoms with van der Waals surface area (Å²) in [5.74, 6) is 0.0527. The van der Waals surface area contributed by atoms with Crippen molar-refractivity contribution in [3.8, 4) is 5.75 Å². The monoisotopic (exact) mass is 659 g/mol. The van der Waals surface area contributed by atoms with Gasteiger partial charge >= 0.3 is 16.2 Å². The lowest BCUT2D eigenvalue weighted by Gasteiger charge is -2.21. The number of carbonyl (C=O) groups is 2. The maximum absolute atomic E-state index is 13.6. The molecule has 9 nitrogen and oxygen atoms in total. The van der Waals surface area contributed by atoms with Crippen molar-refractivity contribution in [2.45, 2.75) is 63.8 Å². The molecule has 1 aromatic heterocycles. The van der Waals surface area contributed by atoms with E-state index in [1.165, 1.54) is 38.9 Å². The second-order valence-corrected chi connectivity index (χ2v) is 14.3. The molecule has 2 atom stereocenters. The van der Waals surface area contributed by atoms with E-state index in [4.69, 9.17) is 9.47 Å². The molecule has 0 saturated heterocycles. The van der Waals surface area contributed by atoms with E-state index in [1.54, 1.807) is 19.2 Å². The van der Waals surface area contributed by atoms with Gasteiger partial charge in [-0.3, -0.25) is 9.59 Å². The number of methoxy groups -OCH3 is 1. The third kappa shape index (κ3) is 5.83. The van der Waals surface area contributed by atoms with Crippen LogP contribution in [-0.4, -0.2) is 57.0 Å². The molecular weight excluding hydrogens is 622 g/mol. The number of rotatable bonds is 10. The minimum Gasteiger partial charge on any atom is -0.497 e. The predicted octanol–water partition coefficient (Wildman–Crippen LogP) is 5.73. The maximum atomic E-state index is 13.6. The summed E-state index contributed by atoms with van der Waals surface area (Å²) in [6.45, 7) is 2.45. The fourth-order valence-electron chi connectivity index (χ4n) is 6.27. The van der Waals surface area contributed by atoms with Gasteiger partial charge in [-0.15, -0.1) is 0 Å². The molecule has 1 amide bonds. The molecule has 2 saturated carbocycles. The fourth-order valence-corrected chi connectivity index (χ4v) is 7.33. The van der Waals surface area contributed by atoms with Gasteiger partial charge in [0.1, 0.15) is 5.75 Å². The number of fused-ring (bicyclic) bond motifs is 1. The van der Waals surface area contributed by atoms with Gasteiger partial charge in [0.05, 0.1) is 19.1 Å². The normalized spacial score (nSPS) is 21.0. The van der Waals surface area contributed by atoms with Crippen molar-refractivity contribution in [3.05, 3.63) is 63.8 Å².